The molecule has 9 heteroatoms. The highest BCUT2D eigenvalue weighted by molar-refractivity contribution is 5.62. The minimum atomic E-state index is -0.348. The van der Waals surface area contributed by atoms with Crippen molar-refractivity contribution in [3.05, 3.63) is 231 Å². The van der Waals surface area contributed by atoms with Crippen molar-refractivity contribution in [1.29, 1.82) is 0 Å². The first-order valence-electron chi connectivity index (χ1n) is 36.8. The van der Waals surface area contributed by atoms with Gasteiger partial charge in [0.2, 0.25) is 0 Å². The summed E-state index contributed by atoms with van der Waals surface area (Å²) in [6.07, 6.45) is 2.04. The third-order valence-electron chi connectivity index (χ3n) is 21.0. The Labute approximate surface area is 605 Å². The number of rotatable bonds is 0. The molecule has 0 aromatic heterocycles. The Morgan fingerprint density at radius 1 is 0.188 bits per heavy atom. The monoisotopic (exact) mass is 1370 g/mol. The van der Waals surface area contributed by atoms with Crippen molar-refractivity contribution in [1.82, 2.24) is 0 Å². The number of hydrogen-bond acceptors (Lipinski definition) is 9. The number of ether oxygens (including phenoxy) is 3. The molecule has 8 aromatic rings. The average molecular weight is 1370 g/mol. The summed E-state index contributed by atoms with van der Waals surface area (Å²) in [5.74, 6) is 2.06. The molecule has 0 amide bonds. The lowest BCUT2D eigenvalue weighted by atomic mass is 9.79. The Morgan fingerprint density at radius 2 is 0.307 bits per heavy atom. The summed E-state index contributed by atoms with van der Waals surface area (Å²) in [7, 11) is 0. The first-order chi connectivity index (χ1) is 46.5. The number of phenols is 6. The number of hydrogen-bond donors (Lipinski definition) is 6. The zero-order valence-electron chi connectivity index (χ0n) is 65.6. The minimum Gasteiger partial charge on any atom is -0.507 e. The highest BCUT2D eigenvalue weighted by Crippen LogP contribution is 2.47. The molecule has 0 aliphatic carbocycles. The molecule has 2 aliphatic heterocycles. The van der Waals surface area contributed by atoms with Crippen molar-refractivity contribution in [3.8, 4) is 46.0 Å². The standard InChI is InChI=1S/C92H118O9/c1-85(2,3)69-37-53-29-57-41-71(87(7,8)9)45-61(79(57)95)33-65-49-75(91(19,20)21)51-67-35-63-47-73(89(13,14)15)43-59(81(63)97)31-55-39-70(86(4,5)6)40-56(78(55)94)32-60-44-74(90(16,17)18)48-64(82(60)98)36-68-52-76(92(22,23)24)50-66(84(68)101-28-26-99-25-27-100-83(65)67)34-62-46-72(88(10,11)12)42-58(80(62)96)30-54(38-69)77(53)93/h37-52,93-98H,25-36H2,1-24H3. The molecular formula is C92H118O9. The fourth-order valence-corrected chi connectivity index (χ4v) is 14.2. The van der Waals surface area contributed by atoms with Gasteiger partial charge in [-0.15, -0.1) is 0 Å². The SMILES string of the molecule is CC(C)(C)c1cc2c(O)c(c1)Cc1cc(C(C)(C)C)cc(c1O)Cc1cc(C(C)(C)C)cc3c1OCCOCCOc1c(cc(C(C)(C)C)cc1Cc1cc(C(C)(C)C)cc(c1O)Cc1cc(C(C)(C)C)cc(c1O)Cc1cc(C(C)(C)C)cc(c1O)C3)Cc1cc(C(C)(C)C)cc(c1O)C2. The van der Waals surface area contributed by atoms with Crippen LogP contribution in [-0.2, 0) is 99.4 Å². The van der Waals surface area contributed by atoms with Crippen molar-refractivity contribution < 1.29 is 44.8 Å². The number of benzene rings is 8. The van der Waals surface area contributed by atoms with Gasteiger partial charge in [0, 0.05) is 51.4 Å². The zero-order chi connectivity index (χ0) is 74.4. The van der Waals surface area contributed by atoms with Gasteiger partial charge in [-0.05, 0) is 177 Å². The van der Waals surface area contributed by atoms with Gasteiger partial charge in [0.15, 0.2) is 0 Å². The second-order valence-electron chi connectivity index (χ2n) is 37.8. The van der Waals surface area contributed by atoms with Crippen molar-refractivity contribution in [2.24, 2.45) is 0 Å². The van der Waals surface area contributed by atoms with Gasteiger partial charge in [0.1, 0.15) is 59.2 Å². The average Bonchev–Trinajstić information content (AvgIpc) is 0.777. The van der Waals surface area contributed by atoms with Crippen LogP contribution in [0, 0.1) is 0 Å². The van der Waals surface area contributed by atoms with Crippen LogP contribution in [0.2, 0.25) is 0 Å². The minimum absolute atomic E-state index is 0.116. The Bertz CT molecular complexity index is 3940. The van der Waals surface area contributed by atoms with Crippen LogP contribution < -0.4 is 9.47 Å². The third kappa shape index (κ3) is 16.9. The Hall–Kier alpha value is -7.88. The lowest BCUT2D eigenvalue weighted by Crippen LogP contribution is -2.18. The van der Waals surface area contributed by atoms with Crippen LogP contribution in [0.5, 0.6) is 46.0 Å². The van der Waals surface area contributed by atoms with Gasteiger partial charge < -0.3 is 44.8 Å². The molecule has 0 spiro atoms. The van der Waals surface area contributed by atoms with E-state index in [9.17, 15) is 30.6 Å². The fraction of sp³-hybridized carbons (Fsp3) is 0.478. The van der Waals surface area contributed by atoms with Crippen LogP contribution in [0.1, 0.15) is 300 Å². The molecule has 0 saturated carbocycles. The van der Waals surface area contributed by atoms with Crippen LogP contribution in [0.3, 0.4) is 0 Å². The first-order valence-corrected chi connectivity index (χ1v) is 36.8. The van der Waals surface area contributed by atoms with Gasteiger partial charge in [-0.1, -0.05) is 263 Å². The van der Waals surface area contributed by atoms with Crippen molar-refractivity contribution in [2.75, 3.05) is 26.4 Å². The van der Waals surface area contributed by atoms with E-state index in [2.05, 4.69) is 263 Å². The predicted molar refractivity (Wildman–Crippen MR) is 415 cm³/mol. The molecular weight excluding hydrogens is 1250 g/mol. The Morgan fingerprint density at radius 3 is 0.436 bits per heavy atom. The normalized spacial score (nSPS) is 15.0. The van der Waals surface area contributed by atoms with Gasteiger partial charge in [0.25, 0.3) is 0 Å². The maximum Gasteiger partial charge on any atom is 0.126 e. The van der Waals surface area contributed by atoms with Crippen molar-refractivity contribution >= 4 is 0 Å². The summed E-state index contributed by atoms with van der Waals surface area (Å²) in [4.78, 5) is 0. The summed E-state index contributed by atoms with van der Waals surface area (Å²) in [6.45, 7) is 53.3. The van der Waals surface area contributed by atoms with E-state index >= 15 is 0 Å². The van der Waals surface area contributed by atoms with Crippen LogP contribution in [-0.4, -0.2) is 57.1 Å². The van der Waals surface area contributed by atoms with E-state index in [0.717, 1.165) is 66.8 Å². The first kappa shape index (κ1) is 75.8. The molecule has 2 aliphatic rings. The Kier molecular flexibility index (Phi) is 20.5. The predicted octanol–water partition coefficient (Wildman–Crippen LogP) is 21.1. The van der Waals surface area contributed by atoms with E-state index in [1.807, 2.05) is 0 Å². The Balaban J connectivity index is 1.33. The van der Waals surface area contributed by atoms with Gasteiger partial charge in [0.05, 0.1) is 13.2 Å². The summed E-state index contributed by atoms with van der Waals surface area (Å²) in [5.41, 5.74) is 17.2. The molecule has 8 aromatic carbocycles. The van der Waals surface area contributed by atoms with E-state index in [0.29, 0.717) is 78.3 Å². The molecule has 9 nitrogen and oxygen atoms in total. The van der Waals surface area contributed by atoms with E-state index in [4.69, 9.17) is 14.2 Å². The molecule has 0 atom stereocenters. The van der Waals surface area contributed by atoms with Crippen LogP contribution in [0.15, 0.2) is 97.1 Å². The van der Waals surface area contributed by atoms with Gasteiger partial charge in [-0.2, -0.15) is 0 Å². The van der Waals surface area contributed by atoms with Crippen molar-refractivity contribution in [2.45, 2.75) is 261 Å². The highest BCUT2D eigenvalue weighted by atomic mass is 16.5. The maximum absolute atomic E-state index is 13.1. The quantitative estimate of drug-likeness (QED) is 0.0816. The molecule has 2 heterocycles. The smallest absolute Gasteiger partial charge is 0.126 e. The topological polar surface area (TPSA) is 149 Å². The van der Waals surface area contributed by atoms with Gasteiger partial charge in [-0.25, -0.2) is 0 Å². The molecule has 0 radical (unpaired) electrons. The van der Waals surface area contributed by atoms with Crippen LogP contribution >= 0.6 is 0 Å². The van der Waals surface area contributed by atoms with Crippen LogP contribution in [0.25, 0.3) is 0 Å². The third-order valence-corrected chi connectivity index (χ3v) is 21.0. The van der Waals surface area contributed by atoms with E-state index in [-0.39, 0.29) is 156 Å². The fourth-order valence-electron chi connectivity index (χ4n) is 14.2. The van der Waals surface area contributed by atoms with Gasteiger partial charge >= 0.3 is 0 Å². The zero-order valence-corrected chi connectivity index (χ0v) is 65.6. The molecule has 101 heavy (non-hydrogen) atoms. The van der Waals surface area contributed by atoms with E-state index in [1.54, 1.807) is 0 Å². The summed E-state index contributed by atoms with van der Waals surface area (Å²) in [6, 6.07) is 34.1. The second-order valence-corrected chi connectivity index (χ2v) is 37.8. The number of fused-ring (bicyclic) bond motifs is 18. The molecule has 0 unspecified atom stereocenters. The summed E-state index contributed by atoms with van der Waals surface area (Å²) >= 11 is 0. The van der Waals surface area contributed by atoms with Crippen molar-refractivity contribution in [3.63, 3.8) is 0 Å². The highest BCUT2D eigenvalue weighted by Gasteiger charge is 2.32. The lowest BCUT2D eigenvalue weighted by Gasteiger charge is -2.28. The van der Waals surface area contributed by atoms with E-state index < -0.39 is 0 Å². The second kappa shape index (κ2) is 27.4. The van der Waals surface area contributed by atoms with E-state index in [1.165, 1.54) is 0 Å². The molecule has 540 valence electrons. The molecule has 10 rings (SSSR count). The molecule has 0 saturated heterocycles. The lowest BCUT2D eigenvalue weighted by molar-refractivity contribution is 0.0756. The summed E-state index contributed by atoms with van der Waals surface area (Å²) in [5, 5.41) is 78.2. The number of aromatic hydroxyl groups is 6. The van der Waals surface area contributed by atoms with Gasteiger partial charge in [-0.3, -0.25) is 0 Å². The largest absolute Gasteiger partial charge is 0.507 e. The molecule has 6 N–H and O–H groups in total. The molecule has 14 bridgehead atoms. The summed E-state index contributed by atoms with van der Waals surface area (Å²) < 4.78 is 21.0. The maximum atomic E-state index is 13.1. The number of phenolic OH excluding ortho intramolecular Hbond substituents is 6. The van der Waals surface area contributed by atoms with Crippen LogP contribution in [0.4, 0.5) is 0 Å². The molecule has 0 fully saturated rings.